The summed E-state index contributed by atoms with van der Waals surface area (Å²) in [6, 6.07) is 1.69. The number of likely N-dealkylation sites (tertiary alicyclic amines) is 1. The molecule has 1 aliphatic heterocycles. The summed E-state index contributed by atoms with van der Waals surface area (Å²) in [5.41, 5.74) is 0. The highest BCUT2D eigenvalue weighted by atomic mass is 15.2. The van der Waals surface area contributed by atoms with E-state index in [0.717, 1.165) is 18.0 Å². The van der Waals surface area contributed by atoms with E-state index >= 15 is 0 Å². The maximum Gasteiger partial charge on any atom is 0.00683 e. The minimum atomic E-state index is 0.806. The van der Waals surface area contributed by atoms with Gasteiger partial charge in [0.15, 0.2) is 0 Å². The molecule has 1 saturated heterocycles. The zero-order valence-electron chi connectivity index (χ0n) is 10.3. The SMILES string of the molecule is CCCC(C)N1CCC(CNC2CC2)C1. The highest BCUT2D eigenvalue weighted by molar-refractivity contribution is 4.85. The molecule has 1 saturated carbocycles. The molecule has 0 amide bonds. The predicted molar refractivity (Wildman–Crippen MR) is 65.1 cm³/mol. The summed E-state index contributed by atoms with van der Waals surface area (Å²) in [5.74, 6) is 0.921. The quantitative estimate of drug-likeness (QED) is 0.723. The molecule has 2 aliphatic rings. The maximum absolute atomic E-state index is 3.66. The standard InChI is InChI=1S/C13H26N2/c1-3-4-11(2)15-8-7-12(10-15)9-14-13-5-6-13/h11-14H,3-10H2,1-2H3. The van der Waals surface area contributed by atoms with Gasteiger partial charge < -0.3 is 10.2 Å². The molecule has 0 aromatic heterocycles. The molecule has 2 atom stereocenters. The Hall–Kier alpha value is -0.0800. The molecule has 0 spiro atoms. The van der Waals surface area contributed by atoms with Crippen LogP contribution in [0.4, 0.5) is 0 Å². The minimum Gasteiger partial charge on any atom is -0.314 e. The molecule has 0 bridgehead atoms. The largest absolute Gasteiger partial charge is 0.314 e. The van der Waals surface area contributed by atoms with Crippen LogP contribution >= 0.6 is 0 Å². The molecule has 1 N–H and O–H groups in total. The summed E-state index contributed by atoms with van der Waals surface area (Å²) in [5, 5.41) is 3.66. The Labute approximate surface area is 94.4 Å². The van der Waals surface area contributed by atoms with Gasteiger partial charge in [-0.25, -0.2) is 0 Å². The monoisotopic (exact) mass is 210 g/mol. The van der Waals surface area contributed by atoms with Crippen LogP contribution in [-0.4, -0.2) is 36.6 Å². The van der Waals surface area contributed by atoms with E-state index in [2.05, 4.69) is 24.1 Å². The first kappa shape index (κ1) is 11.4. The van der Waals surface area contributed by atoms with Gasteiger partial charge in [0.25, 0.3) is 0 Å². The van der Waals surface area contributed by atoms with Gasteiger partial charge in [0.05, 0.1) is 0 Å². The molecular weight excluding hydrogens is 184 g/mol. The van der Waals surface area contributed by atoms with Crippen molar-refractivity contribution in [3.8, 4) is 0 Å². The smallest absolute Gasteiger partial charge is 0.00683 e. The van der Waals surface area contributed by atoms with Gasteiger partial charge in [0.2, 0.25) is 0 Å². The fourth-order valence-corrected chi connectivity index (χ4v) is 2.65. The third-order valence-electron chi connectivity index (χ3n) is 3.92. The molecule has 2 fully saturated rings. The Morgan fingerprint density at radius 3 is 2.80 bits per heavy atom. The number of hydrogen-bond donors (Lipinski definition) is 1. The van der Waals surface area contributed by atoms with E-state index in [1.54, 1.807) is 0 Å². The van der Waals surface area contributed by atoms with Crippen molar-refractivity contribution in [3.05, 3.63) is 0 Å². The molecule has 2 nitrogen and oxygen atoms in total. The lowest BCUT2D eigenvalue weighted by molar-refractivity contribution is 0.236. The summed E-state index contributed by atoms with van der Waals surface area (Å²) in [6.07, 6.45) is 6.94. The first-order valence-electron chi connectivity index (χ1n) is 6.77. The van der Waals surface area contributed by atoms with Gasteiger partial charge in [-0.3, -0.25) is 0 Å². The van der Waals surface area contributed by atoms with E-state index < -0.39 is 0 Å². The molecule has 1 heterocycles. The lowest BCUT2D eigenvalue weighted by atomic mass is 10.1. The van der Waals surface area contributed by atoms with Crippen molar-refractivity contribution >= 4 is 0 Å². The Bertz CT molecular complexity index is 189. The summed E-state index contributed by atoms with van der Waals surface area (Å²) in [7, 11) is 0. The average Bonchev–Trinajstić information content (AvgIpc) is 2.93. The van der Waals surface area contributed by atoms with Crippen LogP contribution in [0.25, 0.3) is 0 Å². The van der Waals surface area contributed by atoms with Gasteiger partial charge in [0.1, 0.15) is 0 Å². The second-order valence-corrected chi connectivity index (χ2v) is 5.47. The van der Waals surface area contributed by atoms with Gasteiger partial charge in [-0.2, -0.15) is 0 Å². The molecule has 0 aromatic carbocycles. The first-order valence-corrected chi connectivity index (χ1v) is 6.77. The van der Waals surface area contributed by atoms with Crippen LogP contribution in [-0.2, 0) is 0 Å². The lowest BCUT2D eigenvalue weighted by Crippen LogP contribution is -2.32. The van der Waals surface area contributed by atoms with Gasteiger partial charge in [0, 0.05) is 18.6 Å². The van der Waals surface area contributed by atoms with Crippen LogP contribution in [0, 0.1) is 5.92 Å². The van der Waals surface area contributed by atoms with Crippen molar-refractivity contribution in [1.82, 2.24) is 10.2 Å². The van der Waals surface area contributed by atoms with E-state index in [-0.39, 0.29) is 0 Å². The minimum absolute atomic E-state index is 0.806. The van der Waals surface area contributed by atoms with Crippen LogP contribution in [0.2, 0.25) is 0 Å². The van der Waals surface area contributed by atoms with E-state index in [9.17, 15) is 0 Å². The van der Waals surface area contributed by atoms with E-state index in [4.69, 9.17) is 0 Å². The zero-order chi connectivity index (χ0) is 10.7. The molecule has 15 heavy (non-hydrogen) atoms. The number of nitrogens with zero attached hydrogens (tertiary/aromatic N) is 1. The highest BCUT2D eigenvalue weighted by Crippen LogP contribution is 2.23. The third kappa shape index (κ3) is 3.46. The van der Waals surface area contributed by atoms with Gasteiger partial charge >= 0.3 is 0 Å². The predicted octanol–water partition coefficient (Wildman–Crippen LogP) is 2.25. The van der Waals surface area contributed by atoms with Gasteiger partial charge in [-0.1, -0.05) is 13.3 Å². The molecule has 2 unspecified atom stereocenters. The molecule has 1 aliphatic carbocycles. The van der Waals surface area contributed by atoms with Gasteiger partial charge in [-0.15, -0.1) is 0 Å². The van der Waals surface area contributed by atoms with Crippen LogP contribution in [0.3, 0.4) is 0 Å². The van der Waals surface area contributed by atoms with Crippen molar-refractivity contribution < 1.29 is 0 Å². The van der Waals surface area contributed by atoms with Crippen molar-refractivity contribution in [2.45, 2.75) is 58.0 Å². The molecular formula is C13H26N2. The highest BCUT2D eigenvalue weighted by Gasteiger charge is 2.27. The van der Waals surface area contributed by atoms with Crippen LogP contribution in [0.5, 0.6) is 0 Å². The molecule has 2 rings (SSSR count). The second kappa shape index (κ2) is 5.31. The number of nitrogens with one attached hydrogen (secondary N) is 1. The van der Waals surface area contributed by atoms with Gasteiger partial charge in [-0.05, 0) is 51.6 Å². The fourth-order valence-electron chi connectivity index (χ4n) is 2.65. The number of hydrogen-bond acceptors (Lipinski definition) is 2. The van der Waals surface area contributed by atoms with Crippen molar-refractivity contribution in [2.24, 2.45) is 5.92 Å². The molecule has 0 aromatic rings. The topological polar surface area (TPSA) is 15.3 Å². The fraction of sp³-hybridized carbons (Fsp3) is 1.00. The van der Waals surface area contributed by atoms with E-state index in [1.807, 2.05) is 0 Å². The second-order valence-electron chi connectivity index (χ2n) is 5.47. The Kier molecular flexibility index (Phi) is 4.04. The first-order chi connectivity index (χ1) is 7.29. The van der Waals surface area contributed by atoms with E-state index in [1.165, 1.54) is 51.7 Å². The Morgan fingerprint density at radius 2 is 2.13 bits per heavy atom. The van der Waals surface area contributed by atoms with Crippen molar-refractivity contribution in [1.29, 1.82) is 0 Å². The summed E-state index contributed by atoms with van der Waals surface area (Å²) >= 11 is 0. The lowest BCUT2D eigenvalue weighted by Gasteiger charge is -2.23. The Balaban J connectivity index is 1.64. The molecule has 2 heteroatoms. The molecule has 88 valence electrons. The summed E-state index contributed by atoms with van der Waals surface area (Å²) in [4.78, 5) is 2.68. The summed E-state index contributed by atoms with van der Waals surface area (Å²) in [6.45, 7) is 8.61. The average molecular weight is 210 g/mol. The van der Waals surface area contributed by atoms with E-state index in [0.29, 0.717) is 0 Å². The number of rotatable bonds is 6. The van der Waals surface area contributed by atoms with Crippen molar-refractivity contribution in [2.75, 3.05) is 19.6 Å². The maximum atomic E-state index is 3.66. The zero-order valence-corrected chi connectivity index (χ0v) is 10.3. The van der Waals surface area contributed by atoms with Crippen molar-refractivity contribution in [3.63, 3.8) is 0 Å². The van der Waals surface area contributed by atoms with Crippen LogP contribution in [0.15, 0.2) is 0 Å². The third-order valence-corrected chi connectivity index (χ3v) is 3.92. The Morgan fingerprint density at radius 1 is 1.33 bits per heavy atom. The van der Waals surface area contributed by atoms with Crippen LogP contribution in [0.1, 0.15) is 46.0 Å². The van der Waals surface area contributed by atoms with Crippen LogP contribution < -0.4 is 5.32 Å². The normalized spacial score (nSPS) is 29.6. The molecule has 0 radical (unpaired) electrons. The summed E-state index contributed by atoms with van der Waals surface area (Å²) < 4.78 is 0.